The molecule has 1 amide bonds. The normalized spacial score (nSPS) is 24.6. The van der Waals surface area contributed by atoms with Gasteiger partial charge in [0.25, 0.3) is 0 Å². The molecule has 22 heavy (non-hydrogen) atoms. The summed E-state index contributed by atoms with van der Waals surface area (Å²) < 4.78 is 11.3. The van der Waals surface area contributed by atoms with Crippen molar-refractivity contribution in [2.45, 2.75) is 84.8 Å². The van der Waals surface area contributed by atoms with E-state index in [-0.39, 0.29) is 12.5 Å². The monoisotopic (exact) mass is 315 g/mol. The third-order valence-electron chi connectivity index (χ3n) is 3.46. The van der Waals surface area contributed by atoms with E-state index < -0.39 is 29.5 Å². The number of nitrogens with zero attached hydrogens (tertiary/aromatic N) is 1. The first-order valence-corrected chi connectivity index (χ1v) is 7.75. The van der Waals surface area contributed by atoms with E-state index in [1.807, 2.05) is 13.8 Å². The fraction of sp³-hybridized carbons (Fsp3) is 0.875. The van der Waals surface area contributed by atoms with Gasteiger partial charge in [-0.1, -0.05) is 13.8 Å². The molecule has 2 atom stereocenters. The predicted molar refractivity (Wildman–Crippen MR) is 82.5 cm³/mol. The molecular weight excluding hydrogens is 286 g/mol. The maximum atomic E-state index is 12.6. The number of hydrogen-bond donors (Lipinski definition) is 1. The number of carbonyl (C=O) groups is 2. The third kappa shape index (κ3) is 4.87. The summed E-state index contributed by atoms with van der Waals surface area (Å²) in [5.74, 6) is -0.621. The molecule has 1 fully saturated rings. The minimum atomic E-state index is -0.930. The fourth-order valence-electron chi connectivity index (χ4n) is 2.83. The molecule has 6 heteroatoms. The molecule has 1 aliphatic heterocycles. The lowest BCUT2D eigenvalue weighted by Crippen LogP contribution is -2.50. The van der Waals surface area contributed by atoms with Gasteiger partial charge in [0.1, 0.15) is 11.3 Å². The fourth-order valence-corrected chi connectivity index (χ4v) is 2.83. The molecule has 0 aromatic rings. The molecule has 1 aliphatic rings. The highest BCUT2D eigenvalue weighted by Gasteiger charge is 2.51. The van der Waals surface area contributed by atoms with Gasteiger partial charge in [-0.15, -0.1) is 0 Å². The Hall–Kier alpha value is -1.30. The van der Waals surface area contributed by atoms with Crippen molar-refractivity contribution in [3.8, 4) is 0 Å². The Morgan fingerprint density at radius 3 is 2.27 bits per heavy atom. The van der Waals surface area contributed by atoms with Crippen LogP contribution in [0.2, 0.25) is 0 Å². The molecule has 1 heterocycles. The van der Waals surface area contributed by atoms with Gasteiger partial charge in [0, 0.05) is 0 Å². The van der Waals surface area contributed by atoms with Gasteiger partial charge in [0.05, 0.1) is 18.6 Å². The highest BCUT2D eigenvalue weighted by molar-refractivity contribution is 5.71. The second-order valence-corrected chi connectivity index (χ2v) is 7.75. The van der Waals surface area contributed by atoms with Gasteiger partial charge >= 0.3 is 12.1 Å². The predicted octanol–water partition coefficient (Wildman–Crippen LogP) is 3.25. The van der Waals surface area contributed by atoms with Gasteiger partial charge in [-0.25, -0.2) is 4.79 Å². The van der Waals surface area contributed by atoms with Crippen LogP contribution in [0.25, 0.3) is 0 Å². The van der Waals surface area contributed by atoms with E-state index in [0.29, 0.717) is 12.3 Å². The number of amides is 1. The van der Waals surface area contributed by atoms with E-state index in [0.717, 1.165) is 0 Å². The summed E-state index contributed by atoms with van der Waals surface area (Å²) >= 11 is 0. The molecule has 0 unspecified atom stereocenters. The van der Waals surface area contributed by atoms with E-state index in [1.54, 1.807) is 39.5 Å². The van der Waals surface area contributed by atoms with Crippen LogP contribution in [0.5, 0.6) is 0 Å². The molecule has 1 saturated heterocycles. The topological polar surface area (TPSA) is 76.1 Å². The maximum absolute atomic E-state index is 12.6. The number of aliphatic carboxylic acids is 1. The highest BCUT2D eigenvalue weighted by atomic mass is 16.6. The van der Waals surface area contributed by atoms with Gasteiger partial charge in [-0.2, -0.15) is 0 Å². The number of carbonyl (C=O) groups excluding carboxylic acids is 1. The van der Waals surface area contributed by atoms with E-state index in [2.05, 4.69) is 0 Å². The minimum absolute atomic E-state index is 0.125. The summed E-state index contributed by atoms with van der Waals surface area (Å²) in [4.78, 5) is 25.2. The summed E-state index contributed by atoms with van der Waals surface area (Å²) in [5, 5.41) is 9.09. The molecule has 1 N–H and O–H groups in total. The SMILES string of the molecule is CC(C)C[C@@H]1[C@@H](CC(=O)O)OC(C)(C)N1C(=O)OC(C)(C)C. The molecular formula is C16H29NO5. The minimum Gasteiger partial charge on any atom is -0.481 e. The molecule has 128 valence electrons. The van der Waals surface area contributed by atoms with Gasteiger partial charge < -0.3 is 14.6 Å². The molecule has 0 aromatic heterocycles. The molecule has 0 spiro atoms. The van der Waals surface area contributed by atoms with E-state index >= 15 is 0 Å². The largest absolute Gasteiger partial charge is 0.481 e. The van der Waals surface area contributed by atoms with Crippen molar-refractivity contribution in [2.24, 2.45) is 5.92 Å². The van der Waals surface area contributed by atoms with Gasteiger partial charge in [0.2, 0.25) is 0 Å². The first-order chi connectivity index (χ1) is 9.83. The molecule has 1 rings (SSSR count). The number of ether oxygens (including phenoxy) is 2. The van der Waals surface area contributed by atoms with Crippen LogP contribution in [-0.4, -0.2) is 45.5 Å². The zero-order valence-electron chi connectivity index (χ0n) is 14.7. The van der Waals surface area contributed by atoms with E-state index in [4.69, 9.17) is 14.6 Å². The van der Waals surface area contributed by atoms with Gasteiger partial charge in [0.15, 0.2) is 0 Å². The average Bonchev–Trinajstić information content (AvgIpc) is 2.44. The summed E-state index contributed by atoms with van der Waals surface area (Å²) in [5.41, 5.74) is -1.50. The lowest BCUT2D eigenvalue weighted by atomic mass is 9.96. The highest BCUT2D eigenvalue weighted by Crippen LogP contribution is 2.37. The van der Waals surface area contributed by atoms with Crippen LogP contribution < -0.4 is 0 Å². The van der Waals surface area contributed by atoms with Crippen LogP contribution >= 0.6 is 0 Å². The Kier molecular flexibility index (Phi) is 5.49. The Bertz CT molecular complexity index is 425. The second kappa shape index (κ2) is 6.44. The van der Waals surface area contributed by atoms with Crippen LogP contribution in [0, 0.1) is 5.92 Å². The summed E-state index contributed by atoms with van der Waals surface area (Å²) in [6.45, 7) is 13.0. The van der Waals surface area contributed by atoms with Crippen LogP contribution in [0.4, 0.5) is 4.79 Å². The Morgan fingerprint density at radius 2 is 1.86 bits per heavy atom. The Morgan fingerprint density at radius 1 is 1.32 bits per heavy atom. The van der Waals surface area contributed by atoms with Crippen LogP contribution in [0.15, 0.2) is 0 Å². The quantitative estimate of drug-likeness (QED) is 0.862. The average molecular weight is 315 g/mol. The lowest BCUT2D eigenvalue weighted by molar-refractivity contribution is -0.141. The van der Waals surface area contributed by atoms with Crippen molar-refractivity contribution in [3.63, 3.8) is 0 Å². The zero-order chi connectivity index (χ0) is 17.3. The van der Waals surface area contributed by atoms with Crippen molar-refractivity contribution < 1.29 is 24.2 Å². The van der Waals surface area contributed by atoms with Crippen molar-refractivity contribution in [2.75, 3.05) is 0 Å². The van der Waals surface area contributed by atoms with Crippen molar-refractivity contribution in [1.29, 1.82) is 0 Å². The molecule has 0 bridgehead atoms. The Balaban J connectivity index is 3.07. The van der Waals surface area contributed by atoms with Crippen LogP contribution in [0.1, 0.15) is 61.3 Å². The van der Waals surface area contributed by atoms with E-state index in [1.165, 1.54) is 0 Å². The second-order valence-electron chi connectivity index (χ2n) is 7.75. The number of rotatable bonds is 4. The number of carboxylic acids is 1. The smallest absolute Gasteiger partial charge is 0.412 e. The van der Waals surface area contributed by atoms with Crippen molar-refractivity contribution in [3.05, 3.63) is 0 Å². The first-order valence-electron chi connectivity index (χ1n) is 7.75. The number of hydrogen-bond acceptors (Lipinski definition) is 4. The Labute approximate surface area is 132 Å². The van der Waals surface area contributed by atoms with E-state index in [9.17, 15) is 9.59 Å². The van der Waals surface area contributed by atoms with Crippen LogP contribution in [-0.2, 0) is 14.3 Å². The van der Waals surface area contributed by atoms with Crippen molar-refractivity contribution in [1.82, 2.24) is 4.90 Å². The summed E-state index contributed by atoms with van der Waals surface area (Å²) in [7, 11) is 0. The molecule has 6 nitrogen and oxygen atoms in total. The molecule has 0 aromatic carbocycles. The maximum Gasteiger partial charge on any atom is 0.412 e. The first kappa shape index (κ1) is 18.7. The zero-order valence-corrected chi connectivity index (χ0v) is 14.7. The molecule has 0 saturated carbocycles. The van der Waals surface area contributed by atoms with Crippen molar-refractivity contribution >= 4 is 12.1 Å². The lowest BCUT2D eigenvalue weighted by Gasteiger charge is -2.35. The summed E-state index contributed by atoms with van der Waals surface area (Å²) in [6.07, 6.45) is -0.445. The van der Waals surface area contributed by atoms with Crippen LogP contribution in [0.3, 0.4) is 0 Å². The molecule has 0 radical (unpaired) electrons. The van der Waals surface area contributed by atoms with Gasteiger partial charge in [-0.3, -0.25) is 9.69 Å². The molecule has 0 aliphatic carbocycles. The number of carboxylic acid groups (broad SMARTS) is 1. The summed E-state index contributed by atoms with van der Waals surface area (Å²) in [6, 6.07) is -0.305. The van der Waals surface area contributed by atoms with Gasteiger partial charge in [-0.05, 0) is 47.0 Å². The standard InChI is InChI=1S/C16H29NO5/c1-10(2)8-11-12(9-13(18)19)21-16(6,7)17(11)14(20)22-15(3,4)5/h10-12H,8-9H2,1-7H3,(H,18,19)/t11-,12-/m1/s1. The third-order valence-corrected chi connectivity index (χ3v) is 3.46.